The van der Waals surface area contributed by atoms with Crippen LogP contribution in [-0.4, -0.2) is 65.6 Å². The molecule has 8 heteroatoms. The van der Waals surface area contributed by atoms with Crippen LogP contribution in [0.1, 0.15) is 76.1 Å². The fraction of sp³-hybridized carbons (Fsp3) is 0.889. The second kappa shape index (κ2) is 9.19. The molecule has 0 aliphatic heterocycles. The van der Waals surface area contributed by atoms with Crippen molar-refractivity contribution in [3.63, 3.8) is 0 Å². The van der Waals surface area contributed by atoms with E-state index in [-0.39, 0.29) is 6.04 Å². The Morgan fingerprint density at radius 2 is 1.92 bits per heavy atom. The van der Waals surface area contributed by atoms with Crippen molar-refractivity contribution in [2.75, 3.05) is 7.05 Å². The minimum absolute atomic E-state index is 0.0651. The molecular formula is C18H31N5O2S. The van der Waals surface area contributed by atoms with Crippen LogP contribution >= 0.6 is 12.2 Å². The first kappa shape index (κ1) is 19.6. The molecule has 1 aromatic heterocycles. The van der Waals surface area contributed by atoms with Gasteiger partial charge >= 0.3 is 0 Å². The average molecular weight is 382 g/mol. The van der Waals surface area contributed by atoms with Gasteiger partial charge in [-0.2, -0.15) is 0 Å². The van der Waals surface area contributed by atoms with Crippen molar-refractivity contribution in [3.8, 4) is 0 Å². The monoisotopic (exact) mass is 381 g/mol. The number of hydrogen-bond acceptors (Lipinski definition) is 6. The van der Waals surface area contributed by atoms with Gasteiger partial charge in [-0.15, -0.1) is 5.10 Å². The highest BCUT2D eigenvalue weighted by Gasteiger charge is 2.30. The first-order valence-corrected chi connectivity index (χ1v) is 10.4. The van der Waals surface area contributed by atoms with Gasteiger partial charge in [-0.3, -0.25) is 0 Å². The summed E-state index contributed by atoms with van der Waals surface area (Å²) in [6, 6.07) is 0.673. The highest BCUT2D eigenvalue weighted by Crippen LogP contribution is 2.29. The maximum absolute atomic E-state index is 9.92. The van der Waals surface area contributed by atoms with Crippen molar-refractivity contribution in [1.82, 2.24) is 25.1 Å². The smallest absolute Gasteiger partial charge is 0.151 e. The number of aryl methyl sites for hydroxylation is 1. The molecule has 2 saturated carbocycles. The number of rotatable bonds is 6. The number of nitrogens with zero attached hydrogens (tertiary/aromatic N) is 5. The highest BCUT2D eigenvalue weighted by molar-refractivity contribution is 7.80. The van der Waals surface area contributed by atoms with Crippen LogP contribution in [0.5, 0.6) is 0 Å². The molecule has 2 aliphatic carbocycles. The number of thiocarbonyl (C=S) groups is 1. The Morgan fingerprint density at radius 3 is 2.65 bits per heavy atom. The molecule has 0 aromatic carbocycles. The summed E-state index contributed by atoms with van der Waals surface area (Å²) in [5, 5.41) is 31.7. The van der Waals surface area contributed by atoms with Crippen LogP contribution in [0.15, 0.2) is 0 Å². The zero-order valence-electron chi connectivity index (χ0n) is 15.6. The molecule has 3 unspecified atom stereocenters. The highest BCUT2D eigenvalue weighted by atomic mass is 32.1. The first-order valence-electron chi connectivity index (χ1n) is 9.94. The Morgan fingerprint density at radius 1 is 1.15 bits per heavy atom. The lowest BCUT2D eigenvalue weighted by atomic mass is 9.90. The number of aliphatic hydroxyl groups is 2. The topological polar surface area (TPSA) is 87.3 Å². The van der Waals surface area contributed by atoms with E-state index >= 15 is 0 Å². The van der Waals surface area contributed by atoms with E-state index in [1.165, 1.54) is 32.1 Å². The molecule has 3 atom stereocenters. The van der Waals surface area contributed by atoms with Crippen molar-refractivity contribution >= 4 is 17.2 Å². The standard InChI is InChI=1S/C18H31N5O2S/c1-22(13-6-3-2-4-7-13)18(26)9-5-8-17-19-20-21-23(17)14-10-11-15(24)16(25)12-14/h13-16,24-25H,2-12H2,1H3. The minimum Gasteiger partial charge on any atom is -0.390 e. The number of aromatic nitrogens is 4. The number of tetrazole rings is 1. The van der Waals surface area contributed by atoms with Crippen molar-refractivity contribution in [2.24, 2.45) is 0 Å². The second-order valence-electron chi connectivity index (χ2n) is 7.79. The molecule has 1 heterocycles. The van der Waals surface area contributed by atoms with Crippen molar-refractivity contribution in [1.29, 1.82) is 0 Å². The first-order chi connectivity index (χ1) is 12.6. The fourth-order valence-corrected chi connectivity index (χ4v) is 4.53. The summed E-state index contributed by atoms with van der Waals surface area (Å²) >= 11 is 5.65. The molecule has 2 fully saturated rings. The van der Waals surface area contributed by atoms with Crippen LogP contribution in [0.3, 0.4) is 0 Å². The van der Waals surface area contributed by atoms with Gasteiger partial charge in [0.25, 0.3) is 0 Å². The molecule has 26 heavy (non-hydrogen) atoms. The van der Waals surface area contributed by atoms with Gasteiger partial charge in [-0.25, -0.2) is 4.68 Å². The van der Waals surface area contributed by atoms with Gasteiger partial charge in [0.15, 0.2) is 5.82 Å². The maximum Gasteiger partial charge on any atom is 0.151 e. The lowest BCUT2D eigenvalue weighted by Gasteiger charge is -2.33. The zero-order valence-corrected chi connectivity index (χ0v) is 16.4. The van der Waals surface area contributed by atoms with Crippen LogP contribution in [0.2, 0.25) is 0 Å². The zero-order chi connectivity index (χ0) is 18.5. The summed E-state index contributed by atoms with van der Waals surface area (Å²) < 4.78 is 1.84. The van der Waals surface area contributed by atoms with Gasteiger partial charge in [0.2, 0.25) is 0 Å². The molecule has 0 bridgehead atoms. The third-order valence-corrected chi connectivity index (χ3v) is 6.46. The van der Waals surface area contributed by atoms with Crippen molar-refractivity contribution in [3.05, 3.63) is 5.82 Å². The quantitative estimate of drug-likeness (QED) is 0.729. The van der Waals surface area contributed by atoms with Gasteiger partial charge in [-0.1, -0.05) is 31.5 Å². The van der Waals surface area contributed by atoms with E-state index in [9.17, 15) is 10.2 Å². The minimum atomic E-state index is -0.692. The Labute approximate surface area is 160 Å². The molecule has 0 spiro atoms. The summed E-state index contributed by atoms with van der Waals surface area (Å²) in [5.41, 5.74) is 0. The third-order valence-electron chi connectivity index (χ3n) is 5.97. The van der Waals surface area contributed by atoms with Crippen LogP contribution in [0.25, 0.3) is 0 Å². The van der Waals surface area contributed by atoms with Crippen LogP contribution in [0.4, 0.5) is 0 Å². The summed E-state index contributed by atoms with van der Waals surface area (Å²) in [4.78, 5) is 3.34. The summed E-state index contributed by atoms with van der Waals surface area (Å²) in [6.45, 7) is 0. The predicted octanol–water partition coefficient (Wildman–Crippen LogP) is 2.03. The largest absolute Gasteiger partial charge is 0.390 e. The van der Waals surface area contributed by atoms with Crippen molar-refractivity contribution in [2.45, 2.75) is 94.9 Å². The van der Waals surface area contributed by atoms with Gasteiger partial charge < -0.3 is 15.1 Å². The van der Waals surface area contributed by atoms with E-state index in [1.807, 2.05) is 4.68 Å². The second-order valence-corrected chi connectivity index (χ2v) is 8.26. The summed E-state index contributed by atoms with van der Waals surface area (Å²) in [5.74, 6) is 0.849. The summed E-state index contributed by atoms with van der Waals surface area (Å²) in [6.07, 6.45) is 9.63. The van der Waals surface area contributed by atoms with Crippen molar-refractivity contribution < 1.29 is 10.2 Å². The maximum atomic E-state index is 9.92. The van der Waals surface area contributed by atoms with E-state index < -0.39 is 12.2 Å². The normalized spacial score (nSPS) is 27.4. The molecular weight excluding hydrogens is 350 g/mol. The van der Waals surface area contributed by atoms with E-state index in [1.54, 1.807) is 0 Å². The Hall–Kier alpha value is -1.12. The van der Waals surface area contributed by atoms with E-state index in [0.717, 1.165) is 36.5 Å². The fourth-order valence-electron chi connectivity index (χ4n) is 4.24. The lowest BCUT2D eigenvalue weighted by molar-refractivity contribution is -0.0251. The predicted molar refractivity (Wildman–Crippen MR) is 103 cm³/mol. The Balaban J connectivity index is 1.48. The van der Waals surface area contributed by atoms with E-state index in [2.05, 4.69) is 27.5 Å². The van der Waals surface area contributed by atoms with Crippen LogP contribution in [-0.2, 0) is 6.42 Å². The molecule has 146 valence electrons. The van der Waals surface area contributed by atoms with Gasteiger partial charge in [0, 0.05) is 19.5 Å². The van der Waals surface area contributed by atoms with Gasteiger partial charge in [0.05, 0.1) is 23.2 Å². The summed E-state index contributed by atoms with van der Waals surface area (Å²) in [7, 11) is 2.14. The average Bonchev–Trinajstić information content (AvgIpc) is 3.12. The van der Waals surface area contributed by atoms with Gasteiger partial charge in [0.1, 0.15) is 0 Å². The van der Waals surface area contributed by atoms with E-state index in [4.69, 9.17) is 12.2 Å². The van der Waals surface area contributed by atoms with Crippen LogP contribution < -0.4 is 0 Å². The third kappa shape index (κ3) is 4.78. The molecule has 0 radical (unpaired) electrons. The molecule has 2 N–H and O–H groups in total. The SMILES string of the molecule is CN(C(=S)CCCc1nnnn1C1CCC(O)C(O)C1)C1CCCCC1. The molecule has 0 saturated heterocycles. The molecule has 1 aromatic rings. The molecule has 2 aliphatic rings. The molecule has 0 amide bonds. The Bertz CT molecular complexity index is 590. The number of aliphatic hydroxyl groups excluding tert-OH is 2. The van der Waals surface area contributed by atoms with Crippen LogP contribution in [0, 0.1) is 0 Å². The lowest BCUT2D eigenvalue weighted by Crippen LogP contribution is -2.37. The number of hydrogen-bond donors (Lipinski definition) is 2. The Kier molecular flexibility index (Phi) is 6.94. The molecule has 7 nitrogen and oxygen atoms in total. The molecule has 3 rings (SSSR count). The van der Waals surface area contributed by atoms with E-state index in [0.29, 0.717) is 18.9 Å². The van der Waals surface area contributed by atoms with Gasteiger partial charge in [-0.05, 0) is 55.4 Å².